The maximum atomic E-state index is 11.8. The molecule has 0 aromatic heterocycles. The van der Waals surface area contributed by atoms with Crippen LogP contribution in [-0.4, -0.2) is 92.8 Å². The number of piperidine rings is 1. The fourth-order valence-electron chi connectivity index (χ4n) is 3.56. The Labute approximate surface area is 152 Å². The van der Waals surface area contributed by atoms with Gasteiger partial charge in [0.05, 0.1) is 6.61 Å². The molecule has 0 saturated carbocycles. The topological polar surface area (TPSA) is 60.4 Å². The van der Waals surface area contributed by atoms with Crippen molar-refractivity contribution in [2.75, 3.05) is 66.0 Å². The number of aliphatic imine (C=N–C) groups is 1. The number of nitrogens with zero attached hydrogens (tertiary/aromatic N) is 4. The van der Waals surface area contributed by atoms with Gasteiger partial charge in [-0.25, -0.2) is 4.79 Å². The predicted octanol–water partition coefficient (Wildman–Crippen LogP) is 1.46. The number of nitrogens with one attached hydrogen (secondary N) is 1. The molecule has 144 valence electrons. The van der Waals surface area contributed by atoms with Crippen molar-refractivity contribution >= 4 is 12.1 Å². The molecule has 7 heteroatoms. The van der Waals surface area contributed by atoms with Crippen LogP contribution >= 0.6 is 0 Å². The summed E-state index contributed by atoms with van der Waals surface area (Å²) in [6.45, 7) is 12.1. The van der Waals surface area contributed by atoms with Crippen LogP contribution in [0.1, 0.15) is 33.1 Å². The highest BCUT2D eigenvalue weighted by Crippen LogP contribution is 2.11. The molecule has 2 heterocycles. The quantitative estimate of drug-likeness (QED) is 0.599. The summed E-state index contributed by atoms with van der Waals surface area (Å²) >= 11 is 0. The summed E-state index contributed by atoms with van der Waals surface area (Å²) in [5, 5.41) is 3.51. The van der Waals surface area contributed by atoms with Gasteiger partial charge in [-0.1, -0.05) is 13.3 Å². The van der Waals surface area contributed by atoms with E-state index in [1.165, 1.54) is 32.4 Å². The largest absolute Gasteiger partial charge is 0.450 e. The van der Waals surface area contributed by atoms with Crippen LogP contribution in [0.4, 0.5) is 4.79 Å². The lowest BCUT2D eigenvalue weighted by Crippen LogP contribution is -2.54. The highest BCUT2D eigenvalue weighted by atomic mass is 16.6. The molecule has 7 nitrogen and oxygen atoms in total. The van der Waals surface area contributed by atoms with Crippen molar-refractivity contribution in [2.24, 2.45) is 10.9 Å². The average Bonchev–Trinajstić information content (AvgIpc) is 2.64. The molecule has 2 rings (SSSR count). The Morgan fingerprint density at radius 3 is 2.32 bits per heavy atom. The molecule has 1 N–H and O–H groups in total. The van der Waals surface area contributed by atoms with E-state index in [1.54, 1.807) is 4.90 Å². The van der Waals surface area contributed by atoms with Gasteiger partial charge in [0.2, 0.25) is 0 Å². The van der Waals surface area contributed by atoms with Crippen molar-refractivity contribution in [3.63, 3.8) is 0 Å². The van der Waals surface area contributed by atoms with Crippen LogP contribution in [-0.2, 0) is 4.74 Å². The molecule has 0 bridgehead atoms. The SMILES string of the molecule is CCOC(=O)N1CCN(C(=NC)NCC(C)CN2CCCCC2)CC1. The molecule has 2 aliphatic rings. The zero-order valence-electron chi connectivity index (χ0n) is 16.2. The number of rotatable bonds is 5. The number of hydrogen-bond acceptors (Lipinski definition) is 4. The standard InChI is InChI=1S/C18H35N5O2/c1-4-25-18(24)23-12-10-22(11-13-23)17(19-3)20-14-16(2)15-21-8-6-5-7-9-21/h16H,4-15H2,1-3H3,(H,19,20). The molecule has 25 heavy (non-hydrogen) atoms. The van der Waals surface area contributed by atoms with Gasteiger partial charge in [-0.3, -0.25) is 4.99 Å². The number of hydrogen-bond donors (Lipinski definition) is 1. The number of piperazine rings is 1. The number of likely N-dealkylation sites (tertiary alicyclic amines) is 1. The summed E-state index contributed by atoms with van der Waals surface area (Å²) < 4.78 is 5.07. The molecule has 0 spiro atoms. The van der Waals surface area contributed by atoms with E-state index in [2.05, 4.69) is 27.0 Å². The maximum absolute atomic E-state index is 11.8. The Balaban J connectivity index is 1.70. The molecule has 1 atom stereocenters. The first-order valence-corrected chi connectivity index (χ1v) is 9.73. The summed E-state index contributed by atoms with van der Waals surface area (Å²) in [6.07, 6.45) is 3.85. The highest BCUT2D eigenvalue weighted by Gasteiger charge is 2.24. The van der Waals surface area contributed by atoms with Gasteiger partial charge in [0.15, 0.2) is 5.96 Å². The summed E-state index contributed by atoms with van der Waals surface area (Å²) in [7, 11) is 1.83. The minimum absolute atomic E-state index is 0.208. The van der Waals surface area contributed by atoms with Crippen LogP contribution in [0, 0.1) is 5.92 Å². The Morgan fingerprint density at radius 1 is 1.08 bits per heavy atom. The fraction of sp³-hybridized carbons (Fsp3) is 0.889. The van der Waals surface area contributed by atoms with Crippen LogP contribution in [0.25, 0.3) is 0 Å². The van der Waals surface area contributed by atoms with E-state index in [-0.39, 0.29) is 6.09 Å². The zero-order valence-corrected chi connectivity index (χ0v) is 16.2. The molecule has 0 aromatic carbocycles. The Morgan fingerprint density at radius 2 is 1.72 bits per heavy atom. The summed E-state index contributed by atoms with van der Waals surface area (Å²) in [4.78, 5) is 22.8. The first-order chi connectivity index (χ1) is 12.1. The van der Waals surface area contributed by atoms with Gasteiger partial charge in [-0.2, -0.15) is 0 Å². The lowest BCUT2D eigenvalue weighted by atomic mass is 10.1. The van der Waals surface area contributed by atoms with E-state index in [0.29, 0.717) is 25.6 Å². The first kappa shape index (κ1) is 19.8. The van der Waals surface area contributed by atoms with Gasteiger partial charge < -0.3 is 24.8 Å². The van der Waals surface area contributed by atoms with E-state index >= 15 is 0 Å². The molecule has 1 amide bonds. The van der Waals surface area contributed by atoms with Gasteiger partial charge in [-0.05, 0) is 38.8 Å². The summed E-state index contributed by atoms with van der Waals surface area (Å²) in [6, 6.07) is 0. The lowest BCUT2D eigenvalue weighted by molar-refractivity contribution is 0.0914. The second-order valence-electron chi connectivity index (χ2n) is 7.07. The molecule has 0 aromatic rings. The molecule has 2 aliphatic heterocycles. The van der Waals surface area contributed by atoms with E-state index < -0.39 is 0 Å². The van der Waals surface area contributed by atoms with Crippen molar-refractivity contribution in [2.45, 2.75) is 33.1 Å². The third-order valence-electron chi connectivity index (χ3n) is 4.94. The number of amides is 1. The molecule has 0 aliphatic carbocycles. The van der Waals surface area contributed by atoms with Gasteiger partial charge in [0.25, 0.3) is 0 Å². The van der Waals surface area contributed by atoms with Crippen molar-refractivity contribution in [3.05, 3.63) is 0 Å². The van der Waals surface area contributed by atoms with E-state index in [4.69, 9.17) is 4.74 Å². The molecule has 0 radical (unpaired) electrons. The molecular formula is C18H35N5O2. The lowest BCUT2D eigenvalue weighted by Gasteiger charge is -2.36. The van der Waals surface area contributed by atoms with Crippen LogP contribution < -0.4 is 5.32 Å². The maximum Gasteiger partial charge on any atom is 0.409 e. The van der Waals surface area contributed by atoms with Crippen molar-refractivity contribution in [1.29, 1.82) is 0 Å². The minimum Gasteiger partial charge on any atom is -0.450 e. The number of carbonyl (C=O) groups excluding carboxylic acids is 1. The van der Waals surface area contributed by atoms with Gasteiger partial charge in [0.1, 0.15) is 0 Å². The van der Waals surface area contributed by atoms with Crippen LogP contribution in [0.5, 0.6) is 0 Å². The van der Waals surface area contributed by atoms with E-state index in [9.17, 15) is 4.79 Å². The number of guanidine groups is 1. The first-order valence-electron chi connectivity index (χ1n) is 9.73. The molecule has 1 unspecified atom stereocenters. The third kappa shape index (κ3) is 6.38. The average molecular weight is 354 g/mol. The molecular weight excluding hydrogens is 318 g/mol. The summed E-state index contributed by atoms with van der Waals surface area (Å²) in [5.74, 6) is 1.53. The Hall–Kier alpha value is -1.50. The van der Waals surface area contributed by atoms with Crippen molar-refractivity contribution in [1.82, 2.24) is 20.0 Å². The van der Waals surface area contributed by atoms with Crippen LogP contribution in [0.3, 0.4) is 0 Å². The van der Waals surface area contributed by atoms with Crippen molar-refractivity contribution < 1.29 is 9.53 Å². The van der Waals surface area contributed by atoms with Gasteiger partial charge >= 0.3 is 6.09 Å². The Kier molecular flexibility index (Phi) is 8.31. The van der Waals surface area contributed by atoms with Crippen LogP contribution in [0.15, 0.2) is 4.99 Å². The third-order valence-corrected chi connectivity index (χ3v) is 4.94. The smallest absolute Gasteiger partial charge is 0.409 e. The second kappa shape index (κ2) is 10.5. The van der Waals surface area contributed by atoms with Gasteiger partial charge in [0, 0.05) is 46.3 Å². The second-order valence-corrected chi connectivity index (χ2v) is 7.07. The van der Waals surface area contributed by atoms with E-state index in [1.807, 2.05) is 14.0 Å². The number of ether oxygens (including phenoxy) is 1. The summed E-state index contributed by atoms with van der Waals surface area (Å²) in [5.41, 5.74) is 0. The monoisotopic (exact) mass is 353 g/mol. The van der Waals surface area contributed by atoms with Crippen molar-refractivity contribution in [3.8, 4) is 0 Å². The zero-order chi connectivity index (χ0) is 18.1. The minimum atomic E-state index is -0.208. The molecule has 2 fully saturated rings. The Bertz CT molecular complexity index is 429. The number of carbonyl (C=O) groups is 1. The molecule has 2 saturated heterocycles. The van der Waals surface area contributed by atoms with Gasteiger partial charge in [-0.15, -0.1) is 0 Å². The van der Waals surface area contributed by atoms with E-state index in [0.717, 1.165) is 32.1 Å². The highest BCUT2D eigenvalue weighted by molar-refractivity contribution is 5.80. The fourth-order valence-corrected chi connectivity index (χ4v) is 3.56. The van der Waals surface area contributed by atoms with Crippen LogP contribution in [0.2, 0.25) is 0 Å². The normalized spacial score (nSPS) is 21.2. The predicted molar refractivity (Wildman–Crippen MR) is 101 cm³/mol.